The fraction of sp³-hybridized carbons (Fsp3) is 0.429. The zero-order valence-electron chi connectivity index (χ0n) is 7.37. The zero-order valence-corrected chi connectivity index (χ0v) is 7.37. The van der Waals surface area contributed by atoms with Crippen LogP contribution < -0.4 is 10.1 Å². The average molecular weight is 181 g/mol. The van der Waals surface area contributed by atoms with Gasteiger partial charge in [-0.2, -0.15) is 15.0 Å². The highest BCUT2D eigenvalue weighted by molar-refractivity contribution is 5.67. The summed E-state index contributed by atoms with van der Waals surface area (Å²) in [7, 11) is 1.45. The number of nitrogens with one attached hydrogen (secondary N) is 1. The molecule has 0 saturated carbocycles. The minimum absolute atomic E-state index is 0.152. The quantitative estimate of drug-likeness (QED) is 0.657. The second-order valence-corrected chi connectivity index (χ2v) is 2.14. The first-order valence-electron chi connectivity index (χ1n) is 3.72. The molecule has 6 nitrogen and oxygen atoms in total. The van der Waals surface area contributed by atoms with Crippen molar-refractivity contribution in [2.45, 2.75) is 13.3 Å². The van der Waals surface area contributed by atoms with E-state index < -0.39 is 0 Å². The summed E-state index contributed by atoms with van der Waals surface area (Å²) < 4.78 is 4.81. The molecule has 0 fully saturated rings. The molecule has 6 heteroatoms. The molecule has 69 valence electrons. The largest absolute Gasteiger partial charge is 0.467 e. The molecule has 13 heavy (non-hydrogen) atoms. The van der Waals surface area contributed by atoms with E-state index in [-0.39, 0.29) is 12.0 Å². The Morgan fingerprint density at radius 2 is 2.23 bits per heavy atom. The third kappa shape index (κ3) is 2.36. The Balaban J connectivity index is 2.99. The normalized spacial score (nSPS) is 9.38. The molecule has 0 aliphatic heterocycles. The summed E-state index contributed by atoms with van der Waals surface area (Å²) in [4.78, 5) is 21.6. The van der Waals surface area contributed by atoms with Crippen LogP contribution in [0.25, 0.3) is 0 Å². The van der Waals surface area contributed by atoms with E-state index in [9.17, 15) is 4.79 Å². The summed E-state index contributed by atoms with van der Waals surface area (Å²) in [5.74, 6) is 0.711. The maximum atomic E-state index is 10.00. The fourth-order valence-corrected chi connectivity index (χ4v) is 0.749. The van der Waals surface area contributed by atoms with Crippen LogP contribution in [0.15, 0.2) is 0 Å². The number of aromatic nitrogens is 3. The lowest BCUT2D eigenvalue weighted by atomic mass is 10.5. The van der Waals surface area contributed by atoms with Crippen LogP contribution in [0, 0.1) is 0 Å². The Hall–Kier alpha value is -1.72. The number of ether oxygens (including phenoxy) is 1. The SMILES string of the molecule is CCc1nc(N[C]=O)nc(OC)n1. The van der Waals surface area contributed by atoms with E-state index in [0.29, 0.717) is 12.2 Å². The van der Waals surface area contributed by atoms with Gasteiger partial charge in [-0.15, -0.1) is 0 Å². The van der Waals surface area contributed by atoms with Gasteiger partial charge in [-0.3, -0.25) is 10.1 Å². The van der Waals surface area contributed by atoms with Gasteiger partial charge in [0.05, 0.1) is 7.11 Å². The predicted octanol–water partition coefficient (Wildman–Crippen LogP) is -0.0783. The van der Waals surface area contributed by atoms with Crippen LogP contribution in [0.2, 0.25) is 0 Å². The lowest BCUT2D eigenvalue weighted by Gasteiger charge is -2.02. The van der Waals surface area contributed by atoms with Crippen LogP contribution in [-0.4, -0.2) is 28.5 Å². The highest BCUT2D eigenvalue weighted by atomic mass is 16.5. The Morgan fingerprint density at radius 1 is 1.46 bits per heavy atom. The number of aryl methyl sites for hydroxylation is 1. The van der Waals surface area contributed by atoms with Gasteiger partial charge in [-0.25, -0.2) is 0 Å². The van der Waals surface area contributed by atoms with Crippen molar-refractivity contribution in [2.75, 3.05) is 12.4 Å². The lowest BCUT2D eigenvalue weighted by Crippen LogP contribution is -2.06. The maximum absolute atomic E-state index is 10.00. The Labute approximate surface area is 75.4 Å². The zero-order chi connectivity index (χ0) is 9.68. The van der Waals surface area contributed by atoms with Crippen molar-refractivity contribution in [2.24, 2.45) is 0 Å². The number of rotatable bonds is 4. The van der Waals surface area contributed by atoms with Crippen molar-refractivity contribution in [1.82, 2.24) is 15.0 Å². The minimum atomic E-state index is 0.152. The van der Waals surface area contributed by atoms with Crippen LogP contribution in [0.5, 0.6) is 6.01 Å². The number of hydrogen-bond acceptors (Lipinski definition) is 5. The van der Waals surface area contributed by atoms with Crippen molar-refractivity contribution in [3.63, 3.8) is 0 Å². The first kappa shape index (κ1) is 9.37. The smallest absolute Gasteiger partial charge is 0.321 e. The highest BCUT2D eigenvalue weighted by Gasteiger charge is 2.04. The molecule has 0 unspecified atom stereocenters. The minimum Gasteiger partial charge on any atom is -0.467 e. The monoisotopic (exact) mass is 181 g/mol. The average Bonchev–Trinajstić information content (AvgIpc) is 2.17. The van der Waals surface area contributed by atoms with Crippen molar-refractivity contribution in [3.8, 4) is 6.01 Å². The Morgan fingerprint density at radius 3 is 2.77 bits per heavy atom. The van der Waals surface area contributed by atoms with Gasteiger partial charge in [0.2, 0.25) is 5.95 Å². The Bertz CT molecular complexity index is 280. The van der Waals surface area contributed by atoms with Crippen molar-refractivity contribution in [3.05, 3.63) is 5.82 Å². The molecule has 0 aliphatic carbocycles. The van der Waals surface area contributed by atoms with E-state index >= 15 is 0 Å². The molecule has 0 aromatic carbocycles. The van der Waals surface area contributed by atoms with Gasteiger partial charge in [-0.1, -0.05) is 6.92 Å². The molecular weight excluding hydrogens is 172 g/mol. The van der Waals surface area contributed by atoms with E-state index in [1.165, 1.54) is 13.5 Å². The molecule has 0 bridgehead atoms. The molecule has 1 aromatic rings. The van der Waals surface area contributed by atoms with Crippen LogP contribution in [0.3, 0.4) is 0 Å². The van der Waals surface area contributed by atoms with Gasteiger partial charge in [0, 0.05) is 6.42 Å². The number of carbonyl (C=O) groups excluding carboxylic acids is 1. The van der Waals surface area contributed by atoms with Crippen LogP contribution in [0.4, 0.5) is 5.95 Å². The predicted molar refractivity (Wildman–Crippen MR) is 45.1 cm³/mol. The first-order chi connectivity index (χ1) is 6.30. The van der Waals surface area contributed by atoms with Crippen molar-refractivity contribution >= 4 is 12.4 Å². The van der Waals surface area contributed by atoms with E-state index in [2.05, 4.69) is 20.3 Å². The fourth-order valence-electron chi connectivity index (χ4n) is 0.749. The molecule has 1 radical (unpaired) electrons. The molecule has 1 aromatic heterocycles. The van der Waals surface area contributed by atoms with Crippen molar-refractivity contribution in [1.29, 1.82) is 0 Å². The van der Waals surface area contributed by atoms with Gasteiger partial charge < -0.3 is 4.74 Å². The highest BCUT2D eigenvalue weighted by Crippen LogP contribution is 2.06. The van der Waals surface area contributed by atoms with Crippen molar-refractivity contribution < 1.29 is 9.53 Å². The van der Waals surface area contributed by atoms with Crippen LogP contribution in [0.1, 0.15) is 12.7 Å². The Kier molecular flexibility index (Phi) is 3.13. The number of nitrogens with zero attached hydrogens (tertiary/aromatic N) is 3. The summed E-state index contributed by atoms with van der Waals surface area (Å²) in [6.07, 6.45) is 2.12. The molecule has 0 atom stereocenters. The molecule has 1 amide bonds. The van der Waals surface area contributed by atoms with Gasteiger partial charge in [-0.05, 0) is 0 Å². The summed E-state index contributed by atoms with van der Waals surface area (Å²) in [5, 5.41) is 2.21. The van der Waals surface area contributed by atoms with Gasteiger partial charge >= 0.3 is 12.4 Å². The summed E-state index contributed by atoms with van der Waals surface area (Å²) in [5.41, 5.74) is 0. The summed E-state index contributed by atoms with van der Waals surface area (Å²) >= 11 is 0. The van der Waals surface area contributed by atoms with Gasteiger partial charge in [0.25, 0.3) is 0 Å². The third-order valence-corrected chi connectivity index (χ3v) is 1.32. The molecule has 0 spiro atoms. The molecule has 0 saturated heterocycles. The molecule has 1 rings (SSSR count). The number of hydrogen-bond donors (Lipinski definition) is 1. The molecule has 1 N–H and O–H groups in total. The van der Waals surface area contributed by atoms with Crippen LogP contribution in [-0.2, 0) is 11.2 Å². The summed E-state index contributed by atoms with van der Waals surface area (Å²) in [6, 6.07) is 0.185. The molecule has 1 heterocycles. The first-order valence-corrected chi connectivity index (χ1v) is 3.72. The standard InChI is InChI=1S/C7H9N4O2/c1-3-5-9-6(8-4-12)11-7(10-5)13-2/h3H2,1-2H3,(H,8,9,10,11,12). The molecule has 0 aliphatic rings. The van der Waals surface area contributed by atoms with E-state index in [1.807, 2.05) is 6.92 Å². The second-order valence-electron chi connectivity index (χ2n) is 2.14. The number of methoxy groups -OCH3 is 1. The summed E-state index contributed by atoms with van der Waals surface area (Å²) in [6.45, 7) is 1.89. The number of amides is 1. The molecular formula is C7H9N4O2. The number of anilines is 1. The van der Waals surface area contributed by atoms with E-state index in [4.69, 9.17) is 4.74 Å². The third-order valence-electron chi connectivity index (χ3n) is 1.32. The van der Waals surface area contributed by atoms with E-state index in [0.717, 1.165) is 0 Å². The lowest BCUT2D eigenvalue weighted by molar-refractivity contribution is 0.376. The van der Waals surface area contributed by atoms with Gasteiger partial charge in [0.15, 0.2) is 0 Å². The maximum Gasteiger partial charge on any atom is 0.321 e. The topological polar surface area (TPSA) is 77.0 Å². The second kappa shape index (κ2) is 4.34. The van der Waals surface area contributed by atoms with Crippen LogP contribution >= 0.6 is 0 Å². The van der Waals surface area contributed by atoms with Gasteiger partial charge in [0.1, 0.15) is 5.82 Å². The van der Waals surface area contributed by atoms with E-state index in [1.54, 1.807) is 0 Å².